The van der Waals surface area contributed by atoms with E-state index in [2.05, 4.69) is 18.5 Å². The number of nitrogens with one attached hydrogen (secondary N) is 1. The average molecular weight is 299 g/mol. The first-order valence-electron chi connectivity index (χ1n) is 7.57. The van der Waals surface area contributed by atoms with E-state index in [-0.39, 0.29) is 16.6 Å². The van der Waals surface area contributed by atoms with Gasteiger partial charge in [0.15, 0.2) is 0 Å². The number of hydrogen-bond donors (Lipinski definition) is 2. The Hall–Kier alpha value is -0.710. The van der Waals surface area contributed by atoms with Crippen molar-refractivity contribution in [2.45, 2.75) is 50.2 Å². The molecule has 0 aromatic heterocycles. The fourth-order valence-corrected chi connectivity index (χ4v) is 4.36. The molecule has 0 aromatic rings. The lowest BCUT2D eigenvalue weighted by Crippen LogP contribution is -2.47. The van der Waals surface area contributed by atoms with E-state index >= 15 is 0 Å². The minimum Gasteiger partial charge on any atom is -0.481 e. The molecule has 2 N–H and O–H groups in total. The Bertz CT molecular complexity index is 376. The molecule has 2 rings (SSSR count). The van der Waals surface area contributed by atoms with Gasteiger partial charge >= 0.3 is 5.97 Å². The molecule has 114 valence electrons. The Morgan fingerprint density at radius 2 is 1.95 bits per heavy atom. The minimum absolute atomic E-state index is 0.0475. The molecule has 4 nitrogen and oxygen atoms in total. The summed E-state index contributed by atoms with van der Waals surface area (Å²) in [6.45, 7) is 2.76. The molecule has 2 aliphatic rings. The predicted molar refractivity (Wildman–Crippen MR) is 80.7 cm³/mol. The number of amides is 1. The molecule has 0 aromatic carbocycles. The summed E-state index contributed by atoms with van der Waals surface area (Å²) in [5.41, 5.74) is 0. The van der Waals surface area contributed by atoms with Crippen molar-refractivity contribution in [2.75, 3.05) is 12.8 Å². The van der Waals surface area contributed by atoms with Crippen LogP contribution < -0.4 is 5.32 Å². The molecule has 2 saturated carbocycles. The number of thioether (sulfide) groups is 1. The van der Waals surface area contributed by atoms with Gasteiger partial charge in [0.25, 0.3) is 0 Å². The summed E-state index contributed by atoms with van der Waals surface area (Å²) in [6.07, 6.45) is 7.97. The largest absolute Gasteiger partial charge is 0.481 e. The van der Waals surface area contributed by atoms with Gasteiger partial charge < -0.3 is 10.4 Å². The fraction of sp³-hybridized carbons (Fsp3) is 0.867. The average Bonchev–Trinajstić information content (AvgIpc) is 2.82. The van der Waals surface area contributed by atoms with Crippen LogP contribution in [0.2, 0.25) is 0 Å². The van der Waals surface area contributed by atoms with E-state index in [9.17, 15) is 14.7 Å². The monoisotopic (exact) mass is 299 g/mol. The third-order valence-electron chi connectivity index (χ3n) is 5.17. The van der Waals surface area contributed by atoms with E-state index < -0.39 is 11.9 Å². The van der Waals surface area contributed by atoms with Crippen molar-refractivity contribution in [3.05, 3.63) is 0 Å². The lowest BCUT2D eigenvalue weighted by atomic mass is 9.84. The third kappa shape index (κ3) is 3.13. The number of carbonyl (C=O) groups is 2. The highest BCUT2D eigenvalue weighted by molar-refractivity contribution is 8.00. The van der Waals surface area contributed by atoms with Gasteiger partial charge in [0, 0.05) is 11.3 Å². The normalized spacial score (nSPS) is 31.6. The van der Waals surface area contributed by atoms with Crippen LogP contribution in [0.15, 0.2) is 0 Å². The zero-order valence-electron chi connectivity index (χ0n) is 12.4. The number of carboxylic acids is 1. The SMILES string of the molecule is CCC1CC(C(=O)O)C(C(=O)NCC2(SC)CCC2)C1. The van der Waals surface area contributed by atoms with Crippen LogP contribution in [0, 0.1) is 17.8 Å². The highest BCUT2D eigenvalue weighted by Crippen LogP contribution is 2.43. The van der Waals surface area contributed by atoms with E-state index in [0.29, 0.717) is 18.9 Å². The number of carbonyl (C=O) groups excluding carboxylic acids is 1. The van der Waals surface area contributed by atoms with Gasteiger partial charge in [-0.3, -0.25) is 9.59 Å². The quantitative estimate of drug-likeness (QED) is 0.791. The molecule has 0 radical (unpaired) electrons. The molecule has 2 aliphatic carbocycles. The summed E-state index contributed by atoms with van der Waals surface area (Å²) in [4.78, 5) is 23.7. The summed E-state index contributed by atoms with van der Waals surface area (Å²) in [5, 5.41) is 12.3. The Morgan fingerprint density at radius 1 is 1.30 bits per heavy atom. The molecule has 2 fully saturated rings. The van der Waals surface area contributed by atoms with Crippen LogP contribution in [-0.2, 0) is 9.59 Å². The number of rotatable bonds is 6. The zero-order valence-corrected chi connectivity index (χ0v) is 13.2. The standard InChI is InChI=1S/C15H25NO3S/c1-3-10-7-11(12(8-10)14(18)19)13(17)16-9-15(20-2)5-4-6-15/h10-12H,3-9H2,1-2H3,(H,16,17)(H,18,19). The highest BCUT2D eigenvalue weighted by Gasteiger charge is 2.43. The molecule has 0 aliphatic heterocycles. The first-order valence-corrected chi connectivity index (χ1v) is 8.79. The van der Waals surface area contributed by atoms with E-state index in [1.54, 1.807) is 0 Å². The number of hydrogen-bond acceptors (Lipinski definition) is 3. The van der Waals surface area contributed by atoms with Crippen LogP contribution in [-0.4, -0.2) is 34.5 Å². The molecule has 3 unspecified atom stereocenters. The van der Waals surface area contributed by atoms with Crippen molar-refractivity contribution < 1.29 is 14.7 Å². The van der Waals surface area contributed by atoms with Crippen LogP contribution >= 0.6 is 11.8 Å². The fourth-order valence-electron chi connectivity index (χ4n) is 3.44. The summed E-state index contributed by atoms with van der Waals surface area (Å²) < 4.78 is 0.205. The first-order chi connectivity index (χ1) is 9.51. The second-order valence-electron chi connectivity index (χ2n) is 6.26. The van der Waals surface area contributed by atoms with E-state index in [0.717, 1.165) is 25.7 Å². The van der Waals surface area contributed by atoms with E-state index in [1.165, 1.54) is 6.42 Å². The maximum atomic E-state index is 12.3. The van der Waals surface area contributed by atoms with Gasteiger partial charge in [-0.2, -0.15) is 11.8 Å². The number of aliphatic carboxylic acids is 1. The van der Waals surface area contributed by atoms with Gasteiger partial charge in [0.2, 0.25) is 5.91 Å². The predicted octanol–water partition coefficient (Wildman–Crippen LogP) is 2.53. The molecule has 0 heterocycles. The second kappa shape index (κ2) is 6.37. The lowest BCUT2D eigenvalue weighted by molar-refractivity contribution is -0.146. The smallest absolute Gasteiger partial charge is 0.307 e. The molecule has 5 heteroatoms. The molecule has 0 spiro atoms. The van der Waals surface area contributed by atoms with Crippen LogP contribution in [0.1, 0.15) is 45.4 Å². The minimum atomic E-state index is -0.815. The van der Waals surface area contributed by atoms with Crippen LogP contribution in [0.4, 0.5) is 0 Å². The number of carboxylic acid groups (broad SMARTS) is 1. The molecule has 1 amide bonds. The van der Waals surface area contributed by atoms with E-state index in [1.807, 2.05) is 11.8 Å². The molecular formula is C15H25NO3S. The lowest BCUT2D eigenvalue weighted by Gasteiger charge is -2.40. The van der Waals surface area contributed by atoms with Gasteiger partial charge in [0.1, 0.15) is 0 Å². The Kier molecular flexibility index (Phi) is 4.99. The second-order valence-corrected chi connectivity index (χ2v) is 7.53. The van der Waals surface area contributed by atoms with Crippen LogP contribution in [0.25, 0.3) is 0 Å². The Morgan fingerprint density at radius 3 is 2.40 bits per heavy atom. The van der Waals surface area contributed by atoms with Crippen molar-refractivity contribution in [1.29, 1.82) is 0 Å². The summed E-state index contributed by atoms with van der Waals surface area (Å²) in [5.74, 6) is -1.31. The Balaban J connectivity index is 1.91. The van der Waals surface area contributed by atoms with Crippen LogP contribution in [0.3, 0.4) is 0 Å². The van der Waals surface area contributed by atoms with Crippen LogP contribution in [0.5, 0.6) is 0 Å². The van der Waals surface area contributed by atoms with Gasteiger partial charge in [-0.1, -0.05) is 19.8 Å². The van der Waals surface area contributed by atoms with Crippen molar-refractivity contribution in [3.63, 3.8) is 0 Å². The van der Waals surface area contributed by atoms with Crippen molar-refractivity contribution in [1.82, 2.24) is 5.32 Å². The Labute approximate surface area is 125 Å². The van der Waals surface area contributed by atoms with Crippen molar-refractivity contribution >= 4 is 23.6 Å². The molecular weight excluding hydrogens is 274 g/mol. The van der Waals surface area contributed by atoms with Gasteiger partial charge in [0.05, 0.1) is 11.8 Å². The summed E-state index contributed by atoms with van der Waals surface area (Å²) >= 11 is 1.82. The van der Waals surface area contributed by atoms with E-state index in [4.69, 9.17) is 0 Å². The zero-order chi connectivity index (χ0) is 14.8. The van der Waals surface area contributed by atoms with Gasteiger partial charge in [-0.15, -0.1) is 0 Å². The molecule has 3 atom stereocenters. The molecule has 0 saturated heterocycles. The van der Waals surface area contributed by atoms with Crippen molar-refractivity contribution in [2.24, 2.45) is 17.8 Å². The molecule has 0 bridgehead atoms. The van der Waals surface area contributed by atoms with Crippen molar-refractivity contribution in [3.8, 4) is 0 Å². The highest BCUT2D eigenvalue weighted by atomic mass is 32.2. The maximum absolute atomic E-state index is 12.3. The molecule has 20 heavy (non-hydrogen) atoms. The third-order valence-corrected chi connectivity index (χ3v) is 6.59. The summed E-state index contributed by atoms with van der Waals surface area (Å²) in [7, 11) is 0. The summed E-state index contributed by atoms with van der Waals surface area (Å²) in [6, 6.07) is 0. The topological polar surface area (TPSA) is 66.4 Å². The maximum Gasteiger partial charge on any atom is 0.307 e. The van der Waals surface area contributed by atoms with Gasteiger partial charge in [-0.25, -0.2) is 0 Å². The first kappa shape index (κ1) is 15.7. The van der Waals surface area contributed by atoms with Gasteiger partial charge in [-0.05, 0) is 37.9 Å².